The quantitative estimate of drug-likeness (QED) is 0.669. The molecule has 1 saturated heterocycles. The number of nitrogens with zero attached hydrogens (tertiary/aromatic N) is 1. The number of rotatable bonds is 1. The molecule has 1 spiro atoms. The summed E-state index contributed by atoms with van der Waals surface area (Å²) in [5.74, 6) is 0. The second-order valence-corrected chi connectivity index (χ2v) is 4.03. The van der Waals surface area contributed by atoms with Crippen LogP contribution in [0.25, 0.3) is 0 Å². The summed E-state index contributed by atoms with van der Waals surface area (Å²) < 4.78 is 36.2. The summed E-state index contributed by atoms with van der Waals surface area (Å²) in [6.07, 6.45) is -1.99. The highest BCUT2D eigenvalue weighted by atomic mass is 19.4. The summed E-state index contributed by atoms with van der Waals surface area (Å²) in [6.45, 7) is 1.01. The molecule has 76 valence electrons. The summed E-state index contributed by atoms with van der Waals surface area (Å²) in [6, 6.07) is 0. The first kappa shape index (κ1) is 9.27. The third-order valence-corrected chi connectivity index (χ3v) is 2.71. The van der Waals surface area contributed by atoms with E-state index in [1.807, 2.05) is 0 Å². The van der Waals surface area contributed by atoms with Crippen molar-refractivity contribution < 1.29 is 13.2 Å². The van der Waals surface area contributed by atoms with Crippen molar-refractivity contribution in [1.29, 1.82) is 0 Å². The van der Waals surface area contributed by atoms with E-state index < -0.39 is 12.7 Å². The van der Waals surface area contributed by atoms with E-state index in [0.717, 1.165) is 12.8 Å². The summed E-state index contributed by atoms with van der Waals surface area (Å²) in [5.41, 5.74) is 0.0451. The fraction of sp³-hybridized carbons (Fsp3) is 1.00. The second-order valence-electron chi connectivity index (χ2n) is 4.03. The van der Waals surface area contributed by atoms with Crippen molar-refractivity contribution >= 4 is 0 Å². The molecule has 2 aliphatic rings. The van der Waals surface area contributed by atoms with Crippen LogP contribution in [0.4, 0.5) is 13.2 Å². The minimum Gasteiger partial charge on any atom is -0.309 e. The largest absolute Gasteiger partial charge is 0.401 e. The van der Waals surface area contributed by atoms with E-state index in [0.29, 0.717) is 19.6 Å². The number of nitrogens with one attached hydrogen (secondary N) is 1. The Morgan fingerprint density at radius 2 is 2.00 bits per heavy atom. The van der Waals surface area contributed by atoms with Gasteiger partial charge in [-0.3, -0.25) is 4.90 Å². The van der Waals surface area contributed by atoms with Crippen molar-refractivity contribution in [1.82, 2.24) is 10.2 Å². The third-order valence-electron chi connectivity index (χ3n) is 2.71. The van der Waals surface area contributed by atoms with Gasteiger partial charge in [0.2, 0.25) is 0 Å². The van der Waals surface area contributed by atoms with E-state index in [-0.39, 0.29) is 5.54 Å². The lowest BCUT2D eigenvalue weighted by Crippen LogP contribution is -2.54. The minimum atomic E-state index is -4.05. The first-order chi connectivity index (χ1) is 5.99. The van der Waals surface area contributed by atoms with E-state index in [1.165, 1.54) is 4.90 Å². The lowest BCUT2D eigenvalue weighted by Gasteiger charge is -2.34. The molecule has 2 nitrogen and oxygen atoms in total. The molecular weight excluding hydrogens is 181 g/mol. The molecule has 1 aliphatic carbocycles. The third kappa shape index (κ3) is 2.34. The van der Waals surface area contributed by atoms with E-state index in [9.17, 15) is 13.2 Å². The molecule has 0 aromatic carbocycles. The summed E-state index contributed by atoms with van der Waals surface area (Å²) >= 11 is 0. The van der Waals surface area contributed by atoms with E-state index in [2.05, 4.69) is 5.32 Å². The average Bonchev–Trinajstić information content (AvgIpc) is 2.65. The summed E-state index contributed by atoms with van der Waals surface area (Å²) in [7, 11) is 0. The molecule has 5 heteroatoms. The van der Waals surface area contributed by atoms with Crippen LogP contribution in [0, 0.1) is 0 Å². The first-order valence-electron chi connectivity index (χ1n) is 4.53. The zero-order valence-electron chi connectivity index (χ0n) is 7.32. The molecule has 2 fully saturated rings. The van der Waals surface area contributed by atoms with Crippen LogP contribution in [0.3, 0.4) is 0 Å². The van der Waals surface area contributed by atoms with Crippen LogP contribution in [0.2, 0.25) is 0 Å². The highest BCUT2D eigenvalue weighted by molar-refractivity contribution is 5.06. The van der Waals surface area contributed by atoms with Crippen LogP contribution in [-0.2, 0) is 0 Å². The van der Waals surface area contributed by atoms with Crippen LogP contribution in [0.15, 0.2) is 0 Å². The van der Waals surface area contributed by atoms with Gasteiger partial charge >= 0.3 is 6.18 Å². The van der Waals surface area contributed by atoms with Crippen molar-refractivity contribution in [3.05, 3.63) is 0 Å². The lowest BCUT2D eigenvalue weighted by molar-refractivity contribution is -0.148. The van der Waals surface area contributed by atoms with Gasteiger partial charge in [-0.1, -0.05) is 0 Å². The van der Waals surface area contributed by atoms with Crippen LogP contribution in [0.5, 0.6) is 0 Å². The Morgan fingerprint density at radius 3 is 2.54 bits per heavy atom. The van der Waals surface area contributed by atoms with Crippen molar-refractivity contribution in [2.24, 2.45) is 0 Å². The van der Waals surface area contributed by atoms with E-state index in [1.54, 1.807) is 0 Å². The van der Waals surface area contributed by atoms with Crippen LogP contribution in [-0.4, -0.2) is 42.8 Å². The van der Waals surface area contributed by atoms with Gasteiger partial charge in [-0.15, -0.1) is 0 Å². The number of alkyl halides is 3. The fourth-order valence-electron chi connectivity index (χ4n) is 1.92. The molecule has 13 heavy (non-hydrogen) atoms. The maximum atomic E-state index is 12.1. The monoisotopic (exact) mass is 194 g/mol. The Hall–Kier alpha value is -0.290. The standard InChI is InChI=1S/C8H13F3N2/c9-8(10,11)6-13-4-3-12-7(5-13)1-2-7/h12H,1-6H2. The molecule has 1 saturated carbocycles. The summed E-state index contributed by atoms with van der Waals surface area (Å²) in [5, 5.41) is 3.28. The van der Waals surface area contributed by atoms with E-state index >= 15 is 0 Å². The predicted molar refractivity (Wildman–Crippen MR) is 42.5 cm³/mol. The van der Waals surface area contributed by atoms with Gasteiger partial charge in [0, 0.05) is 25.2 Å². The lowest BCUT2D eigenvalue weighted by atomic mass is 10.2. The van der Waals surface area contributed by atoms with Gasteiger partial charge < -0.3 is 5.32 Å². The van der Waals surface area contributed by atoms with Crippen molar-refractivity contribution in [3.8, 4) is 0 Å². The fourth-order valence-corrected chi connectivity index (χ4v) is 1.92. The molecule has 0 aromatic heterocycles. The van der Waals surface area contributed by atoms with Gasteiger partial charge in [-0.05, 0) is 12.8 Å². The zero-order valence-corrected chi connectivity index (χ0v) is 7.32. The van der Waals surface area contributed by atoms with Gasteiger partial charge in [0.1, 0.15) is 0 Å². The molecule has 0 amide bonds. The first-order valence-corrected chi connectivity index (χ1v) is 4.53. The molecule has 0 atom stereocenters. The van der Waals surface area contributed by atoms with Crippen molar-refractivity contribution in [3.63, 3.8) is 0 Å². The highest BCUT2D eigenvalue weighted by Gasteiger charge is 2.47. The zero-order chi connectivity index (χ0) is 9.53. The van der Waals surface area contributed by atoms with Crippen molar-refractivity contribution in [2.45, 2.75) is 24.6 Å². The Labute approximate surface area is 75.1 Å². The maximum Gasteiger partial charge on any atom is 0.401 e. The smallest absolute Gasteiger partial charge is 0.309 e. The van der Waals surface area contributed by atoms with Gasteiger partial charge in [0.05, 0.1) is 6.54 Å². The predicted octanol–water partition coefficient (Wildman–Crippen LogP) is 0.986. The van der Waals surface area contributed by atoms with Gasteiger partial charge in [0.25, 0.3) is 0 Å². The Balaban J connectivity index is 1.86. The molecule has 1 heterocycles. The number of halogens is 3. The number of hydrogen-bond donors (Lipinski definition) is 1. The molecule has 0 aromatic rings. The van der Waals surface area contributed by atoms with Gasteiger partial charge in [-0.2, -0.15) is 13.2 Å². The Morgan fingerprint density at radius 1 is 1.31 bits per heavy atom. The highest BCUT2D eigenvalue weighted by Crippen LogP contribution is 2.37. The van der Waals surface area contributed by atoms with Gasteiger partial charge in [-0.25, -0.2) is 0 Å². The van der Waals surface area contributed by atoms with Crippen LogP contribution in [0.1, 0.15) is 12.8 Å². The molecular formula is C8H13F3N2. The minimum absolute atomic E-state index is 0.0451. The Bertz CT molecular complexity index is 196. The van der Waals surface area contributed by atoms with E-state index in [4.69, 9.17) is 0 Å². The topological polar surface area (TPSA) is 15.3 Å². The molecule has 2 rings (SSSR count). The molecule has 1 aliphatic heterocycles. The average molecular weight is 194 g/mol. The molecule has 1 N–H and O–H groups in total. The normalized spacial score (nSPS) is 27.9. The van der Waals surface area contributed by atoms with Gasteiger partial charge in [0.15, 0.2) is 0 Å². The molecule has 0 radical (unpaired) electrons. The van der Waals surface area contributed by atoms with Crippen LogP contribution >= 0.6 is 0 Å². The maximum absolute atomic E-state index is 12.1. The van der Waals surface area contributed by atoms with Crippen LogP contribution < -0.4 is 5.32 Å². The summed E-state index contributed by atoms with van der Waals surface area (Å²) in [4.78, 5) is 1.50. The molecule has 0 bridgehead atoms. The SMILES string of the molecule is FC(F)(F)CN1CCNC2(CC2)C1. The number of hydrogen-bond acceptors (Lipinski definition) is 2. The Kier molecular flexibility index (Phi) is 2.03. The molecule has 0 unspecified atom stereocenters. The second kappa shape index (κ2) is 2.85. The van der Waals surface area contributed by atoms with Crippen molar-refractivity contribution in [2.75, 3.05) is 26.2 Å². The number of piperazine rings is 1.